The van der Waals surface area contributed by atoms with Crippen LogP contribution in [0.15, 0.2) is 47.4 Å². The van der Waals surface area contributed by atoms with Crippen LogP contribution < -0.4 is 5.32 Å². The molecule has 0 fully saturated rings. The van der Waals surface area contributed by atoms with Crippen molar-refractivity contribution in [2.75, 3.05) is 6.67 Å². The van der Waals surface area contributed by atoms with Crippen LogP contribution in [0.1, 0.15) is 27.0 Å². The number of nitrogens with one attached hydrogen (secondary N) is 1. The normalized spacial score (nSPS) is 11.8. The quantitative estimate of drug-likeness (QED) is 0.737. The Morgan fingerprint density at radius 2 is 1.96 bits per heavy atom. The average molecular weight is 361 g/mol. The van der Waals surface area contributed by atoms with Gasteiger partial charge in [0, 0.05) is 16.2 Å². The summed E-state index contributed by atoms with van der Waals surface area (Å²) in [6.45, 7) is 2.94. The van der Waals surface area contributed by atoms with Gasteiger partial charge in [0.2, 0.25) is 0 Å². The molecule has 0 heterocycles. The van der Waals surface area contributed by atoms with E-state index in [-0.39, 0.29) is 0 Å². The van der Waals surface area contributed by atoms with Gasteiger partial charge in [0.25, 0.3) is 5.91 Å². The molecule has 25 heavy (non-hydrogen) atoms. The Labute approximate surface area is 150 Å². The molecular formula is C19H20FNO3S. The van der Waals surface area contributed by atoms with Gasteiger partial charge in [0.1, 0.15) is 6.67 Å². The lowest BCUT2D eigenvalue weighted by molar-refractivity contribution is -0.139. The molecule has 0 radical (unpaired) electrons. The van der Waals surface area contributed by atoms with Crippen molar-refractivity contribution in [1.82, 2.24) is 5.32 Å². The molecule has 0 aliphatic rings. The maximum absolute atomic E-state index is 12.6. The van der Waals surface area contributed by atoms with Gasteiger partial charge in [-0.2, -0.15) is 0 Å². The second-order valence-corrected chi connectivity index (χ2v) is 6.79. The molecule has 0 aliphatic carbocycles. The summed E-state index contributed by atoms with van der Waals surface area (Å²) in [5.41, 5.74) is 3.63. The summed E-state index contributed by atoms with van der Waals surface area (Å²) in [6, 6.07) is 11.6. The predicted molar refractivity (Wildman–Crippen MR) is 96.8 cm³/mol. The maximum atomic E-state index is 12.6. The number of carbonyl (C=O) groups is 2. The molecule has 0 saturated heterocycles. The first-order chi connectivity index (χ1) is 11.9. The number of alkyl halides is 1. The van der Waals surface area contributed by atoms with Gasteiger partial charge in [-0.25, -0.2) is 9.18 Å². The van der Waals surface area contributed by atoms with Gasteiger partial charge >= 0.3 is 5.97 Å². The molecule has 2 aromatic carbocycles. The van der Waals surface area contributed by atoms with E-state index in [9.17, 15) is 14.0 Å². The largest absolute Gasteiger partial charge is 0.480 e. The van der Waals surface area contributed by atoms with Crippen LogP contribution in [0, 0.1) is 13.8 Å². The third-order valence-electron chi connectivity index (χ3n) is 3.68. The van der Waals surface area contributed by atoms with Crippen molar-refractivity contribution >= 4 is 23.6 Å². The summed E-state index contributed by atoms with van der Waals surface area (Å²) in [7, 11) is 0. The highest BCUT2D eigenvalue weighted by Gasteiger charge is 2.20. The van der Waals surface area contributed by atoms with Gasteiger partial charge in [-0.1, -0.05) is 29.8 Å². The Balaban J connectivity index is 2.06. The Morgan fingerprint density at radius 1 is 1.20 bits per heavy atom. The summed E-state index contributed by atoms with van der Waals surface area (Å²) in [6.07, 6.45) is 0. The Bertz CT molecular complexity index is 779. The van der Waals surface area contributed by atoms with Gasteiger partial charge in [0.15, 0.2) is 6.04 Å². The number of benzene rings is 2. The number of aryl methyl sites for hydroxylation is 2. The minimum atomic E-state index is -1.53. The third-order valence-corrected chi connectivity index (χ3v) is 4.91. The number of hydrogen-bond donors (Lipinski definition) is 2. The zero-order valence-corrected chi connectivity index (χ0v) is 14.9. The zero-order chi connectivity index (χ0) is 18.4. The SMILES string of the molecule is Cc1ccc(C)c(SCc2cccc(C(=O)NC(CF)C(=O)O)c2)c1. The molecule has 1 atom stereocenters. The molecule has 0 saturated carbocycles. The van der Waals surface area contributed by atoms with Crippen LogP contribution in [0.4, 0.5) is 4.39 Å². The van der Waals surface area contributed by atoms with E-state index in [1.54, 1.807) is 30.0 Å². The average Bonchev–Trinajstić information content (AvgIpc) is 2.60. The molecule has 1 unspecified atom stereocenters. The number of amides is 1. The third kappa shape index (κ3) is 5.32. The van der Waals surface area contributed by atoms with E-state index in [0.717, 1.165) is 5.56 Å². The Morgan fingerprint density at radius 3 is 2.64 bits per heavy atom. The van der Waals surface area contributed by atoms with Crippen LogP contribution in [0.25, 0.3) is 0 Å². The summed E-state index contributed by atoms with van der Waals surface area (Å²) < 4.78 is 12.6. The number of thioether (sulfide) groups is 1. The number of hydrogen-bond acceptors (Lipinski definition) is 3. The van der Waals surface area contributed by atoms with Crippen LogP contribution in [-0.4, -0.2) is 29.7 Å². The molecule has 0 spiro atoms. The Kier molecular flexibility index (Phi) is 6.58. The summed E-state index contributed by atoms with van der Waals surface area (Å²) in [5.74, 6) is -1.31. The van der Waals surface area contributed by atoms with E-state index in [1.165, 1.54) is 16.0 Å². The van der Waals surface area contributed by atoms with E-state index < -0.39 is 24.6 Å². The van der Waals surface area contributed by atoms with Crippen molar-refractivity contribution in [3.8, 4) is 0 Å². The number of carboxylic acids is 1. The van der Waals surface area contributed by atoms with Crippen LogP contribution in [-0.2, 0) is 10.5 Å². The van der Waals surface area contributed by atoms with E-state index in [2.05, 4.69) is 30.4 Å². The second-order valence-electron chi connectivity index (χ2n) is 5.78. The molecule has 2 rings (SSSR count). The van der Waals surface area contributed by atoms with Gasteiger partial charge in [-0.15, -0.1) is 11.8 Å². The topological polar surface area (TPSA) is 66.4 Å². The van der Waals surface area contributed by atoms with E-state index >= 15 is 0 Å². The van der Waals surface area contributed by atoms with E-state index in [4.69, 9.17) is 5.11 Å². The molecule has 4 nitrogen and oxygen atoms in total. The van der Waals surface area contributed by atoms with E-state index in [1.807, 2.05) is 13.0 Å². The lowest BCUT2D eigenvalue weighted by Crippen LogP contribution is -2.42. The van der Waals surface area contributed by atoms with Crippen LogP contribution in [0.3, 0.4) is 0 Å². The van der Waals surface area contributed by atoms with Crippen molar-refractivity contribution in [2.24, 2.45) is 0 Å². The molecule has 132 valence electrons. The standard InChI is InChI=1S/C19H20FNO3S/c1-12-6-7-13(2)17(8-12)25-11-14-4-3-5-15(9-14)18(22)21-16(10-20)19(23)24/h3-9,16H,10-11H2,1-2H3,(H,21,22)(H,23,24). The van der Waals surface area contributed by atoms with Crippen molar-refractivity contribution in [1.29, 1.82) is 0 Å². The summed E-state index contributed by atoms with van der Waals surface area (Å²) in [4.78, 5) is 24.1. The highest BCUT2D eigenvalue weighted by atomic mass is 32.2. The minimum Gasteiger partial charge on any atom is -0.480 e. The number of rotatable bonds is 7. The molecular weight excluding hydrogens is 341 g/mol. The zero-order valence-electron chi connectivity index (χ0n) is 14.1. The van der Waals surface area contributed by atoms with Crippen LogP contribution in [0.2, 0.25) is 0 Å². The summed E-state index contributed by atoms with van der Waals surface area (Å²) in [5, 5.41) is 11.0. The summed E-state index contributed by atoms with van der Waals surface area (Å²) >= 11 is 1.67. The fraction of sp³-hybridized carbons (Fsp3) is 0.263. The van der Waals surface area contributed by atoms with Crippen molar-refractivity contribution in [3.63, 3.8) is 0 Å². The second kappa shape index (κ2) is 8.67. The molecule has 0 aliphatic heterocycles. The maximum Gasteiger partial charge on any atom is 0.328 e. The molecule has 0 bridgehead atoms. The Hall–Kier alpha value is -2.34. The van der Waals surface area contributed by atoms with Gasteiger partial charge in [-0.3, -0.25) is 4.79 Å². The molecule has 6 heteroatoms. The molecule has 2 aromatic rings. The number of carbonyl (C=O) groups excluding carboxylic acids is 1. The monoisotopic (exact) mass is 361 g/mol. The van der Waals surface area contributed by atoms with Gasteiger partial charge in [0.05, 0.1) is 0 Å². The fourth-order valence-corrected chi connectivity index (χ4v) is 3.30. The molecule has 0 aromatic heterocycles. The van der Waals surface area contributed by atoms with Crippen molar-refractivity contribution in [2.45, 2.75) is 30.5 Å². The number of carboxylic acid groups (broad SMARTS) is 1. The predicted octanol–water partition coefficient (Wildman–Crippen LogP) is 3.75. The highest BCUT2D eigenvalue weighted by molar-refractivity contribution is 7.98. The molecule has 2 N–H and O–H groups in total. The first-order valence-corrected chi connectivity index (χ1v) is 8.78. The lowest BCUT2D eigenvalue weighted by atomic mass is 10.1. The van der Waals surface area contributed by atoms with Gasteiger partial charge in [-0.05, 0) is 43.2 Å². The first kappa shape index (κ1) is 19.0. The van der Waals surface area contributed by atoms with Gasteiger partial charge < -0.3 is 10.4 Å². The van der Waals surface area contributed by atoms with Crippen LogP contribution in [0.5, 0.6) is 0 Å². The fourth-order valence-electron chi connectivity index (χ4n) is 2.23. The highest BCUT2D eigenvalue weighted by Crippen LogP contribution is 2.27. The number of aliphatic carboxylic acids is 1. The van der Waals surface area contributed by atoms with E-state index in [0.29, 0.717) is 11.3 Å². The minimum absolute atomic E-state index is 0.318. The van der Waals surface area contributed by atoms with Crippen molar-refractivity contribution in [3.05, 3.63) is 64.7 Å². The van der Waals surface area contributed by atoms with Crippen molar-refractivity contribution < 1.29 is 19.1 Å². The lowest BCUT2D eigenvalue weighted by Gasteiger charge is -2.12. The number of halogens is 1. The smallest absolute Gasteiger partial charge is 0.328 e. The molecule has 1 amide bonds. The first-order valence-electron chi connectivity index (χ1n) is 7.79. The van der Waals surface area contributed by atoms with Crippen LogP contribution >= 0.6 is 11.8 Å².